The molecule has 83 heavy (non-hydrogen) atoms. The van der Waals surface area contributed by atoms with Gasteiger partial charge in [0.25, 0.3) is 23.6 Å². The Kier molecular flexibility index (Phi) is 10.3. The zero-order valence-corrected chi connectivity index (χ0v) is 45.8. The topological polar surface area (TPSA) is 87.7 Å². The van der Waals surface area contributed by atoms with Gasteiger partial charge in [-0.25, -0.2) is 9.80 Å². The molecule has 7 nitrogen and oxygen atoms in total. The van der Waals surface area contributed by atoms with Crippen molar-refractivity contribution in [2.45, 2.75) is 33.1 Å². The second-order valence-electron chi connectivity index (χ2n) is 22.5. The van der Waals surface area contributed by atoms with Gasteiger partial charge in [-0.1, -0.05) is 164 Å². The molecule has 2 aliphatic heterocycles. The Labute approximate surface area is 478 Å². The average molecular weight is 1070 g/mol. The van der Waals surface area contributed by atoms with Gasteiger partial charge >= 0.3 is 0 Å². The van der Waals surface area contributed by atoms with Gasteiger partial charge in [0.05, 0.1) is 22.5 Å². The van der Waals surface area contributed by atoms with E-state index in [1.54, 1.807) is 0 Å². The number of amides is 4. The van der Waals surface area contributed by atoms with Crippen molar-refractivity contribution in [3.63, 3.8) is 0 Å². The summed E-state index contributed by atoms with van der Waals surface area (Å²) in [6.45, 7) is 7.78. The number of hydrogen-bond donors (Lipinski definition) is 0. The number of rotatable bonds is 7. The minimum absolute atomic E-state index is 0.364. The number of fused-ring (bicyclic) bond motifs is 5. The molecule has 0 fully saturated rings. The summed E-state index contributed by atoms with van der Waals surface area (Å²) in [5.74, 6) is -1.50. The summed E-state index contributed by atoms with van der Waals surface area (Å²) in [6.07, 6.45) is 1.83. The second-order valence-corrected chi connectivity index (χ2v) is 22.5. The van der Waals surface area contributed by atoms with Crippen LogP contribution < -0.4 is 9.80 Å². The van der Waals surface area contributed by atoms with Crippen LogP contribution in [0.3, 0.4) is 0 Å². The van der Waals surface area contributed by atoms with Gasteiger partial charge in [0.2, 0.25) is 0 Å². The lowest BCUT2D eigenvalue weighted by molar-refractivity contribution is 0.0877. The molecular weight excluding hydrogens is 1020 g/mol. The highest BCUT2D eigenvalue weighted by Gasteiger charge is 2.46. The van der Waals surface area contributed by atoms with E-state index in [1.165, 1.54) is 37.6 Å². The molecule has 0 N–H and O–H groups in total. The van der Waals surface area contributed by atoms with Crippen molar-refractivity contribution in [1.29, 1.82) is 0 Å². The molecule has 1 aliphatic carbocycles. The molecule has 392 valence electrons. The van der Waals surface area contributed by atoms with Gasteiger partial charge in [0, 0.05) is 44.8 Å². The number of nitrogens with zero attached hydrogens (tertiary/aromatic N) is 3. The van der Waals surface area contributed by atoms with Crippen molar-refractivity contribution in [3.8, 4) is 44.6 Å². The number of para-hydroxylation sites is 1. The zero-order chi connectivity index (χ0) is 56.2. The van der Waals surface area contributed by atoms with Crippen molar-refractivity contribution in [3.05, 3.63) is 291 Å². The van der Waals surface area contributed by atoms with Gasteiger partial charge in [0.15, 0.2) is 0 Å². The maximum Gasteiger partial charge on any atom is 0.266 e. The molecule has 3 aliphatic rings. The first-order valence-corrected chi connectivity index (χ1v) is 28.1. The fourth-order valence-electron chi connectivity index (χ4n) is 14.5. The van der Waals surface area contributed by atoms with Gasteiger partial charge in [-0.05, 0) is 192 Å². The van der Waals surface area contributed by atoms with Crippen LogP contribution in [0.15, 0.2) is 225 Å². The van der Waals surface area contributed by atoms with Crippen molar-refractivity contribution < 1.29 is 19.2 Å². The number of benzene rings is 12. The van der Waals surface area contributed by atoms with Crippen molar-refractivity contribution in [2.24, 2.45) is 0 Å². The first-order valence-electron chi connectivity index (χ1n) is 28.1. The zero-order valence-electron chi connectivity index (χ0n) is 45.8. The van der Waals surface area contributed by atoms with E-state index >= 15 is 9.59 Å². The smallest absolute Gasteiger partial charge is 0.266 e. The highest BCUT2D eigenvalue weighted by atomic mass is 16.2. The number of pyridine rings is 1. The summed E-state index contributed by atoms with van der Waals surface area (Å²) in [5, 5.41) is 6.23. The molecule has 0 saturated heterocycles. The van der Waals surface area contributed by atoms with Crippen LogP contribution in [0.5, 0.6) is 0 Å². The Morgan fingerprint density at radius 2 is 0.723 bits per heavy atom. The second kappa shape index (κ2) is 17.7. The molecule has 0 spiro atoms. The number of carbonyl (C=O) groups is 4. The molecular formula is C76H49N3O4. The fraction of sp³-hybridized carbons (Fsp3) is 0.0658. The van der Waals surface area contributed by atoms with E-state index in [-0.39, 0.29) is 23.6 Å². The summed E-state index contributed by atoms with van der Waals surface area (Å²) in [5.41, 5.74) is 19.1. The Hall–Kier alpha value is -10.6. The molecule has 13 aromatic rings. The molecule has 1 aromatic heterocycles. The summed E-state index contributed by atoms with van der Waals surface area (Å²) >= 11 is 0. The number of imide groups is 2. The van der Waals surface area contributed by atoms with Gasteiger partial charge in [-0.2, -0.15) is 0 Å². The summed E-state index contributed by atoms with van der Waals surface area (Å²) < 4.78 is 0. The van der Waals surface area contributed by atoms with Gasteiger partial charge < -0.3 is 0 Å². The van der Waals surface area contributed by atoms with E-state index in [4.69, 9.17) is 0 Å². The number of anilines is 2. The van der Waals surface area contributed by atoms with Crippen LogP contribution in [0, 0.1) is 27.7 Å². The monoisotopic (exact) mass is 1070 g/mol. The van der Waals surface area contributed by atoms with Crippen LogP contribution in [0.25, 0.3) is 87.7 Å². The van der Waals surface area contributed by atoms with E-state index in [9.17, 15) is 9.59 Å². The summed E-state index contributed by atoms with van der Waals surface area (Å²) in [4.78, 5) is 66.4. The molecule has 0 atom stereocenters. The third-order valence-corrected chi connectivity index (χ3v) is 18.1. The summed E-state index contributed by atoms with van der Waals surface area (Å²) in [6, 6.07) is 75.1. The van der Waals surface area contributed by atoms with E-state index in [0.717, 1.165) is 93.6 Å². The van der Waals surface area contributed by atoms with Crippen LogP contribution >= 0.6 is 0 Å². The number of carbonyl (C=O) groups excluding carboxylic acids is 4. The van der Waals surface area contributed by atoms with Crippen molar-refractivity contribution in [2.75, 3.05) is 9.80 Å². The van der Waals surface area contributed by atoms with Gasteiger partial charge in [-0.3, -0.25) is 24.2 Å². The predicted molar refractivity (Wildman–Crippen MR) is 333 cm³/mol. The first kappa shape index (κ1) is 48.3. The summed E-state index contributed by atoms with van der Waals surface area (Å²) in [7, 11) is 0. The minimum Gasteiger partial charge on any atom is -0.268 e. The standard InChI is InChI=1S/C76H49N3O4/c1-42-13-11-14-43(2)70(42)78-72(80)59-34-30-55-57-32-36-61-69-62(37-33-58(67(57)69)56-31-35-60(73(78)81)68(59)66(55)56)75(83)79(74(61)82)71-44(3)39-50(40-45(71)4)47-24-28-52(29-25-47)76(63-19-7-5-17-53(63)54-18-6-8-20-64(54)76)51-26-22-46(23-27-51)48-15-12-16-49(41-48)65-21-9-10-38-77-65/h5-41H,1-4H3. The Balaban J connectivity index is 0.755. The normalized spacial score (nSPS) is 14.2. The van der Waals surface area contributed by atoms with Crippen LogP contribution in [-0.2, 0) is 5.41 Å². The van der Waals surface area contributed by atoms with Crippen LogP contribution in [0.4, 0.5) is 11.4 Å². The first-order chi connectivity index (χ1) is 40.5. The molecule has 12 aromatic carbocycles. The minimum atomic E-state index is -0.606. The van der Waals surface area contributed by atoms with E-state index < -0.39 is 5.41 Å². The quantitative estimate of drug-likeness (QED) is 0.0901. The van der Waals surface area contributed by atoms with E-state index in [0.29, 0.717) is 44.4 Å². The average Bonchev–Trinajstić information content (AvgIpc) is 2.36. The molecule has 16 rings (SSSR count). The molecule has 0 bridgehead atoms. The highest BCUT2D eigenvalue weighted by Crippen LogP contribution is 2.57. The van der Waals surface area contributed by atoms with Crippen LogP contribution in [-0.4, -0.2) is 28.6 Å². The third-order valence-electron chi connectivity index (χ3n) is 18.1. The lowest BCUT2D eigenvalue weighted by Gasteiger charge is -2.34. The Morgan fingerprint density at radius 1 is 0.313 bits per heavy atom. The fourth-order valence-corrected chi connectivity index (χ4v) is 14.5. The Bertz CT molecular complexity index is 4830. The van der Waals surface area contributed by atoms with Crippen molar-refractivity contribution in [1.82, 2.24) is 4.98 Å². The lowest BCUT2D eigenvalue weighted by Crippen LogP contribution is -2.41. The maximum atomic E-state index is 15.1. The number of aromatic nitrogens is 1. The number of hydrogen-bond acceptors (Lipinski definition) is 5. The van der Waals surface area contributed by atoms with Gasteiger partial charge in [0.1, 0.15) is 0 Å². The van der Waals surface area contributed by atoms with Gasteiger partial charge in [-0.15, -0.1) is 0 Å². The molecule has 4 amide bonds. The van der Waals surface area contributed by atoms with E-state index in [2.05, 4.69) is 138 Å². The van der Waals surface area contributed by atoms with E-state index in [1.807, 2.05) is 119 Å². The number of aryl methyl sites for hydroxylation is 4. The Morgan fingerprint density at radius 3 is 1.18 bits per heavy atom. The largest absolute Gasteiger partial charge is 0.268 e. The third kappa shape index (κ3) is 6.64. The molecule has 7 heteroatoms. The van der Waals surface area contributed by atoms with Crippen molar-refractivity contribution >= 4 is 78.1 Å². The molecule has 0 unspecified atom stereocenters. The van der Waals surface area contributed by atoms with Crippen LogP contribution in [0.2, 0.25) is 0 Å². The molecule has 3 heterocycles. The SMILES string of the molecule is Cc1cccc(C)c1N1C(=O)c2ccc3c4ccc5c6c(ccc(c7ccc(c2c37)C1=O)c64)C(=O)N(c1c(C)cc(-c2ccc(C3(c4ccc(-c6cccc(-c7ccccn7)c6)cc4)c4ccccc4-c4ccccc43)cc2)cc1C)C5=O. The molecule has 0 radical (unpaired) electrons. The predicted octanol–water partition coefficient (Wildman–Crippen LogP) is 17.3. The molecule has 0 saturated carbocycles. The maximum absolute atomic E-state index is 15.1. The lowest BCUT2D eigenvalue weighted by atomic mass is 9.67. The van der Waals surface area contributed by atoms with Crippen LogP contribution in [0.1, 0.15) is 85.9 Å². The highest BCUT2D eigenvalue weighted by molar-refractivity contribution is 6.45.